The molecular weight excluding hydrogens is 288 g/mol. The first-order valence-electron chi connectivity index (χ1n) is 6.97. The Balaban J connectivity index is 0.00000161. The van der Waals surface area contributed by atoms with Crippen molar-refractivity contribution < 1.29 is 4.79 Å². The number of aromatic nitrogens is 2. The monoisotopic (exact) mass is 306 g/mol. The number of carbonyl (C=O) groups is 1. The first kappa shape index (κ1) is 15.5. The van der Waals surface area contributed by atoms with E-state index in [0.717, 1.165) is 37.2 Å². The van der Waals surface area contributed by atoms with Gasteiger partial charge in [0.05, 0.1) is 11.7 Å². The van der Waals surface area contributed by atoms with Crippen molar-refractivity contribution in [3.05, 3.63) is 42.7 Å². The lowest BCUT2D eigenvalue weighted by atomic mass is 10.0. The van der Waals surface area contributed by atoms with Crippen LogP contribution in [0.2, 0.25) is 0 Å². The van der Waals surface area contributed by atoms with Crippen molar-refractivity contribution in [1.29, 1.82) is 0 Å². The second kappa shape index (κ2) is 7.24. The van der Waals surface area contributed by atoms with Crippen molar-refractivity contribution >= 4 is 24.0 Å². The first-order valence-corrected chi connectivity index (χ1v) is 6.97. The first-order chi connectivity index (χ1) is 9.83. The number of hydrogen-bond acceptors (Lipinski definition) is 3. The molecule has 0 bridgehead atoms. The molecule has 0 unspecified atom stereocenters. The van der Waals surface area contributed by atoms with Crippen LogP contribution in [0, 0.1) is 0 Å². The van der Waals surface area contributed by atoms with Gasteiger partial charge in [-0.3, -0.25) is 4.79 Å². The van der Waals surface area contributed by atoms with Crippen molar-refractivity contribution in [3.8, 4) is 5.69 Å². The largest absolute Gasteiger partial charge is 0.325 e. The van der Waals surface area contributed by atoms with Gasteiger partial charge in [-0.05, 0) is 43.7 Å². The van der Waals surface area contributed by atoms with E-state index in [1.54, 1.807) is 10.9 Å². The van der Waals surface area contributed by atoms with Crippen LogP contribution in [-0.2, 0) is 4.79 Å². The van der Waals surface area contributed by atoms with Crippen LogP contribution in [0.1, 0.15) is 19.3 Å². The molecule has 1 aromatic carbocycles. The van der Waals surface area contributed by atoms with Gasteiger partial charge in [0, 0.05) is 18.1 Å². The number of amides is 1. The highest BCUT2D eigenvalue weighted by Gasteiger charge is 2.20. The predicted molar refractivity (Wildman–Crippen MR) is 85.1 cm³/mol. The number of halogens is 1. The topological polar surface area (TPSA) is 59.0 Å². The zero-order valence-electron chi connectivity index (χ0n) is 11.7. The van der Waals surface area contributed by atoms with Crippen LogP contribution in [0.4, 0.5) is 5.69 Å². The van der Waals surface area contributed by atoms with E-state index < -0.39 is 0 Å². The Bertz CT molecular complexity index is 579. The third-order valence-electron chi connectivity index (χ3n) is 3.51. The number of anilines is 1. The minimum absolute atomic E-state index is 0. The molecule has 1 fully saturated rings. The molecule has 1 aliphatic heterocycles. The summed E-state index contributed by atoms with van der Waals surface area (Å²) in [5.74, 6) is 0.0438. The van der Waals surface area contributed by atoms with Crippen LogP contribution in [0.3, 0.4) is 0 Å². The van der Waals surface area contributed by atoms with Gasteiger partial charge in [0.25, 0.3) is 0 Å². The third kappa shape index (κ3) is 3.83. The smallest absolute Gasteiger partial charge is 0.241 e. The van der Waals surface area contributed by atoms with Gasteiger partial charge in [0.2, 0.25) is 5.91 Å². The molecule has 2 heterocycles. The van der Waals surface area contributed by atoms with Crippen molar-refractivity contribution in [1.82, 2.24) is 15.1 Å². The van der Waals surface area contributed by atoms with E-state index in [1.807, 2.05) is 36.5 Å². The lowest BCUT2D eigenvalue weighted by Gasteiger charge is -2.22. The zero-order valence-corrected chi connectivity index (χ0v) is 12.5. The molecule has 1 aromatic heterocycles. The molecule has 0 spiro atoms. The van der Waals surface area contributed by atoms with Crippen molar-refractivity contribution in [2.75, 3.05) is 11.9 Å². The molecular formula is C15H19ClN4O. The molecule has 0 aliphatic carbocycles. The summed E-state index contributed by atoms with van der Waals surface area (Å²) in [5.41, 5.74) is 1.74. The van der Waals surface area contributed by atoms with E-state index in [9.17, 15) is 4.79 Å². The summed E-state index contributed by atoms with van der Waals surface area (Å²) in [6.45, 7) is 0.922. The predicted octanol–water partition coefficient (Wildman–Crippen LogP) is 2.37. The van der Waals surface area contributed by atoms with Crippen molar-refractivity contribution in [3.63, 3.8) is 0 Å². The van der Waals surface area contributed by atoms with E-state index in [0.29, 0.717) is 0 Å². The maximum absolute atomic E-state index is 12.2. The molecule has 1 aliphatic rings. The quantitative estimate of drug-likeness (QED) is 0.915. The highest BCUT2D eigenvalue weighted by molar-refractivity contribution is 5.95. The standard InChI is InChI=1S/C15H18N4O.ClH/c20-15(14-7-1-2-8-16-14)18-12-5-3-6-13(11-12)19-10-4-9-17-19;/h3-6,9-11,14,16H,1-2,7-8H2,(H,18,20);1H/t14-;/m0./s1. The highest BCUT2D eigenvalue weighted by atomic mass is 35.5. The molecule has 0 saturated carbocycles. The van der Waals surface area contributed by atoms with Gasteiger partial charge < -0.3 is 10.6 Å². The number of hydrogen-bond donors (Lipinski definition) is 2. The lowest BCUT2D eigenvalue weighted by molar-refractivity contribution is -0.118. The van der Waals surface area contributed by atoms with Crippen LogP contribution in [0.25, 0.3) is 5.69 Å². The summed E-state index contributed by atoms with van der Waals surface area (Å²) in [5, 5.41) is 10.4. The van der Waals surface area contributed by atoms with E-state index in [1.165, 1.54) is 0 Å². The van der Waals surface area contributed by atoms with Crippen LogP contribution >= 0.6 is 12.4 Å². The van der Waals surface area contributed by atoms with Gasteiger partial charge in [-0.25, -0.2) is 4.68 Å². The minimum atomic E-state index is -0.0721. The Kier molecular flexibility index (Phi) is 5.36. The fraction of sp³-hybridized carbons (Fsp3) is 0.333. The summed E-state index contributed by atoms with van der Waals surface area (Å²) in [6.07, 6.45) is 6.78. The van der Waals surface area contributed by atoms with Crippen LogP contribution in [-0.4, -0.2) is 28.3 Å². The fourth-order valence-corrected chi connectivity index (χ4v) is 2.45. The molecule has 0 radical (unpaired) electrons. The molecule has 5 nitrogen and oxygen atoms in total. The number of carbonyl (C=O) groups excluding carboxylic acids is 1. The normalized spacial score (nSPS) is 17.8. The average molecular weight is 307 g/mol. The Hall–Kier alpha value is -1.85. The molecule has 112 valence electrons. The summed E-state index contributed by atoms with van der Waals surface area (Å²) in [7, 11) is 0. The molecule has 3 rings (SSSR count). The molecule has 1 saturated heterocycles. The second-order valence-electron chi connectivity index (χ2n) is 4.99. The molecule has 2 aromatic rings. The molecule has 6 heteroatoms. The van der Waals surface area contributed by atoms with E-state index in [4.69, 9.17) is 0 Å². The van der Waals surface area contributed by atoms with Gasteiger partial charge >= 0.3 is 0 Å². The third-order valence-corrected chi connectivity index (χ3v) is 3.51. The average Bonchev–Trinajstić information content (AvgIpc) is 3.03. The van der Waals surface area contributed by atoms with Crippen LogP contribution in [0.15, 0.2) is 42.7 Å². The second-order valence-corrected chi connectivity index (χ2v) is 4.99. The highest BCUT2D eigenvalue weighted by Crippen LogP contribution is 2.15. The summed E-state index contributed by atoms with van der Waals surface area (Å²) < 4.78 is 1.77. The van der Waals surface area contributed by atoms with Crippen molar-refractivity contribution in [2.45, 2.75) is 25.3 Å². The van der Waals surface area contributed by atoms with Crippen LogP contribution < -0.4 is 10.6 Å². The van der Waals surface area contributed by atoms with Crippen LogP contribution in [0.5, 0.6) is 0 Å². The van der Waals surface area contributed by atoms with Gasteiger partial charge in [0.15, 0.2) is 0 Å². The zero-order chi connectivity index (χ0) is 13.8. The minimum Gasteiger partial charge on any atom is -0.325 e. The Morgan fingerprint density at radius 3 is 2.95 bits per heavy atom. The summed E-state index contributed by atoms with van der Waals surface area (Å²) in [6, 6.07) is 9.50. The van der Waals surface area contributed by atoms with E-state index in [2.05, 4.69) is 15.7 Å². The molecule has 2 N–H and O–H groups in total. The van der Waals surface area contributed by atoms with Crippen molar-refractivity contribution in [2.24, 2.45) is 0 Å². The number of piperidine rings is 1. The maximum Gasteiger partial charge on any atom is 0.241 e. The number of nitrogens with one attached hydrogen (secondary N) is 2. The lowest BCUT2D eigenvalue weighted by Crippen LogP contribution is -2.43. The number of rotatable bonds is 3. The Morgan fingerprint density at radius 1 is 1.33 bits per heavy atom. The maximum atomic E-state index is 12.2. The van der Waals surface area contributed by atoms with Gasteiger partial charge in [-0.15, -0.1) is 12.4 Å². The van der Waals surface area contributed by atoms with E-state index in [-0.39, 0.29) is 24.4 Å². The van der Waals surface area contributed by atoms with E-state index >= 15 is 0 Å². The number of benzene rings is 1. The molecule has 21 heavy (non-hydrogen) atoms. The summed E-state index contributed by atoms with van der Waals surface area (Å²) in [4.78, 5) is 12.2. The number of nitrogens with zero attached hydrogens (tertiary/aromatic N) is 2. The molecule has 1 amide bonds. The molecule has 1 atom stereocenters. The Labute approximate surface area is 130 Å². The fourth-order valence-electron chi connectivity index (χ4n) is 2.45. The summed E-state index contributed by atoms with van der Waals surface area (Å²) >= 11 is 0. The van der Waals surface area contributed by atoms with Gasteiger partial charge in [-0.1, -0.05) is 12.5 Å². The SMILES string of the molecule is Cl.O=C(Nc1cccc(-n2cccn2)c1)[C@@H]1CCCCN1. The Morgan fingerprint density at radius 2 is 2.24 bits per heavy atom. The van der Waals surface area contributed by atoms with Gasteiger partial charge in [0.1, 0.15) is 0 Å². The van der Waals surface area contributed by atoms with Gasteiger partial charge in [-0.2, -0.15) is 5.10 Å².